The molecule has 2 heterocycles. The summed E-state index contributed by atoms with van der Waals surface area (Å²) in [6.07, 6.45) is 2.57. The average Bonchev–Trinajstić information content (AvgIpc) is 3.14. The molecule has 0 bridgehead atoms. The van der Waals surface area contributed by atoms with Crippen molar-refractivity contribution in [2.75, 3.05) is 44.2 Å². The number of carbonyl (C=O) groups is 3. The largest absolute Gasteiger partial charge is 0.355 e. The Morgan fingerprint density at radius 1 is 1.21 bits per heavy atom. The number of nitrogens with one attached hydrogen (secondary N) is 3. The van der Waals surface area contributed by atoms with E-state index in [1.165, 1.54) is 0 Å². The van der Waals surface area contributed by atoms with Crippen LogP contribution in [0.15, 0.2) is 24.3 Å². The van der Waals surface area contributed by atoms with E-state index in [4.69, 9.17) is 0 Å². The third-order valence-electron chi connectivity index (χ3n) is 5.14. The van der Waals surface area contributed by atoms with Crippen LogP contribution in [0, 0.1) is 0 Å². The Hall–Kier alpha value is -2.61. The fraction of sp³-hybridized carbons (Fsp3) is 0.550. The maximum atomic E-state index is 12.6. The van der Waals surface area contributed by atoms with Gasteiger partial charge in [-0.05, 0) is 37.5 Å². The summed E-state index contributed by atoms with van der Waals surface area (Å²) in [6.45, 7) is 5.96. The molecule has 0 aliphatic carbocycles. The number of benzene rings is 1. The number of hydrogen-bond donors (Lipinski definition) is 3. The van der Waals surface area contributed by atoms with Crippen molar-refractivity contribution in [1.29, 1.82) is 0 Å². The van der Waals surface area contributed by atoms with E-state index in [9.17, 15) is 14.4 Å². The maximum Gasteiger partial charge on any atom is 0.321 e. The van der Waals surface area contributed by atoms with Gasteiger partial charge < -0.3 is 16.0 Å². The van der Waals surface area contributed by atoms with Gasteiger partial charge in [-0.15, -0.1) is 0 Å². The van der Waals surface area contributed by atoms with Crippen LogP contribution in [0.1, 0.15) is 36.5 Å². The first-order chi connectivity index (χ1) is 13.6. The summed E-state index contributed by atoms with van der Waals surface area (Å²) in [5.41, 5.74) is 1.29. The minimum atomic E-state index is -0.132. The van der Waals surface area contributed by atoms with Crippen LogP contribution >= 0.6 is 0 Å². The molecule has 1 aromatic rings. The first-order valence-corrected chi connectivity index (χ1v) is 10.0. The normalized spacial score (nSPS) is 18.0. The summed E-state index contributed by atoms with van der Waals surface area (Å²) >= 11 is 0. The lowest BCUT2D eigenvalue weighted by molar-refractivity contribution is -0.122. The molecule has 0 radical (unpaired) electrons. The summed E-state index contributed by atoms with van der Waals surface area (Å²) in [5, 5.41) is 8.74. The molecule has 2 aliphatic rings. The van der Waals surface area contributed by atoms with Crippen molar-refractivity contribution >= 4 is 23.5 Å². The van der Waals surface area contributed by atoms with Crippen LogP contribution in [0.2, 0.25) is 0 Å². The van der Waals surface area contributed by atoms with Gasteiger partial charge in [-0.25, -0.2) is 4.79 Å². The van der Waals surface area contributed by atoms with Crippen molar-refractivity contribution in [3.8, 4) is 0 Å². The molecule has 8 heteroatoms. The summed E-state index contributed by atoms with van der Waals surface area (Å²) < 4.78 is 0. The van der Waals surface area contributed by atoms with Crippen LogP contribution in [-0.4, -0.2) is 68.1 Å². The molecular formula is C20H29N5O3. The van der Waals surface area contributed by atoms with Gasteiger partial charge in [0.05, 0.1) is 6.54 Å². The fourth-order valence-electron chi connectivity index (χ4n) is 3.56. The first-order valence-electron chi connectivity index (χ1n) is 10.0. The minimum absolute atomic E-state index is 0.0621. The zero-order chi connectivity index (χ0) is 19.9. The Labute approximate surface area is 165 Å². The van der Waals surface area contributed by atoms with Crippen molar-refractivity contribution in [3.05, 3.63) is 29.8 Å². The van der Waals surface area contributed by atoms with E-state index in [1.807, 2.05) is 13.0 Å². The quantitative estimate of drug-likeness (QED) is 0.649. The highest BCUT2D eigenvalue weighted by molar-refractivity contribution is 5.98. The molecular weight excluding hydrogens is 358 g/mol. The highest BCUT2D eigenvalue weighted by Crippen LogP contribution is 2.19. The predicted molar refractivity (Wildman–Crippen MR) is 107 cm³/mol. The highest BCUT2D eigenvalue weighted by Gasteiger charge is 2.24. The van der Waals surface area contributed by atoms with Gasteiger partial charge in [-0.3, -0.25) is 19.4 Å². The van der Waals surface area contributed by atoms with Crippen molar-refractivity contribution < 1.29 is 14.4 Å². The number of piperidine rings is 1. The smallest absolute Gasteiger partial charge is 0.321 e. The Morgan fingerprint density at radius 3 is 2.68 bits per heavy atom. The van der Waals surface area contributed by atoms with Crippen LogP contribution in [0.25, 0.3) is 0 Å². The molecule has 28 heavy (non-hydrogen) atoms. The molecule has 3 rings (SSSR count). The monoisotopic (exact) mass is 387 g/mol. The number of rotatable bonds is 7. The Balaban J connectivity index is 1.48. The van der Waals surface area contributed by atoms with Gasteiger partial charge in [-0.1, -0.05) is 13.0 Å². The predicted octanol–water partition coefficient (Wildman–Crippen LogP) is 0.937. The van der Waals surface area contributed by atoms with Gasteiger partial charge in [0.2, 0.25) is 5.91 Å². The highest BCUT2D eigenvalue weighted by atomic mass is 16.2. The van der Waals surface area contributed by atoms with Gasteiger partial charge in [-0.2, -0.15) is 0 Å². The van der Waals surface area contributed by atoms with E-state index in [-0.39, 0.29) is 23.9 Å². The second kappa shape index (κ2) is 9.54. The third kappa shape index (κ3) is 5.22. The molecule has 0 saturated carbocycles. The SMILES string of the molecule is CCCNC(=O)CN1CCC(NC(=O)c2cccc(N3CCNC3=O)c2)CC1. The number of urea groups is 1. The average molecular weight is 387 g/mol. The lowest BCUT2D eigenvalue weighted by Gasteiger charge is -2.31. The molecule has 152 valence electrons. The lowest BCUT2D eigenvalue weighted by Crippen LogP contribution is -2.47. The topological polar surface area (TPSA) is 93.8 Å². The van der Waals surface area contributed by atoms with Crippen LogP contribution < -0.4 is 20.9 Å². The molecule has 2 saturated heterocycles. The Kier molecular flexibility index (Phi) is 6.86. The van der Waals surface area contributed by atoms with E-state index >= 15 is 0 Å². The fourth-order valence-corrected chi connectivity index (χ4v) is 3.56. The molecule has 4 amide bonds. The minimum Gasteiger partial charge on any atom is -0.355 e. The van der Waals surface area contributed by atoms with Crippen LogP contribution in [-0.2, 0) is 4.79 Å². The molecule has 2 aliphatic heterocycles. The molecule has 0 aromatic heterocycles. The van der Waals surface area contributed by atoms with E-state index in [0.29, 0.717) is 31.7 Å². The van der Waals surface area contributed by atoms with E-state index < -0.39 is 0 Å². The molecule has 3 N–H and O–H groups in total. The first kappa shape index (κ1) is 20.1. The summed E-state index contributed by atoms with van der Waals surface area (Å²) in [5.74, 6) is -0.0623. The van der Waals surface area contributed by atoms with Gasteiger partial charge in [0.15, 0.2) is 0 Å². The van der Waals surface area contributed by atoms with Gasteiger partial charge in [0, 0.05) is 50.0 Å². The van der Waals surface area contributed by atoms with Crippen molar-refractivity contribution in [1.82, 2.24) is 20.9 Å². The number of amides is 4. The standard InChI is InChI=1S/C20H29N5O3/c1-2-8-21-18(26)14-24-10-6-16(7-11-24)23-19(27)15-4-3-5-17(13-15)25-12-9-22-20(25)28/h3-5,13,16H,2,6-12,14H2,1H3,(H,21,26)(H,22,28)(H,23,27). The molecule has 0 atom stereocenters. The van der Waals surface area contributed by atoms with Gasteiger partial charge >= 0.3 is 6.03 Å². The zero-order valence-electron chi connectivity index (χ0n) is 16.4. The van der Waals surface area contributed by atoms with E-state index in [2.05, 4.69) is 20.9 Å². The summed E-state index contributed by atoms with van der Waals surface area (Å²) in [6, 6.07) is 7.12. The third-order valence-corrected chi connectivity index (χ3v) is 5.14. The number of hydrogen-bond acceptors (Lipinski definition) is 4. The number of carbonyl (C=O) groups excluding carboxylic acids is 3. The Morgan fingerprint density at radius 2 is 2.00 bits per heavy atom. The second-order valence-electron chi connectivity index (χ2n) is 7.31. The molecule has 8 nitrogen and oxygen atoms in total. The van der Waals surface area contributed by atoms with Crippen molar-refractivity contribution in [2.45, 2.75) is 32.2 Å². The zero-order valence-corrected chi connectivity index (χ0v) is 16.4. The van der Waals surface area contributed by atoms with Crippen LogP contribution in [0.4, 0.5) is 10.5 Å². The number of likely N-dealkylation sites (tertiary alicyclic amines) is 1. The van der Waals surface area contributed by atoms with E-state index in [0.717, 1.165) is 38.0 Å². The van der Waals surface area contributed by atoms with Crippen molar-refractivity contribution in [3.63, 3.8) is 0 Å². The molecule has 0 spiro atoms. The Bertz CT molecular complexity index is 716. The maximum absolute atomic E-state index is 12.6. The second-order valence-corrected chi connectivity index (χ2v) is 7.31. The molecule has 0 unspecified atom stereocenters. The molecule has 1 aromatic carbocycles. The summed E-state index contributed by atoms with van der Waals surface area (Å²) in [4.78, 5) is 40.0. The van der Waals surface area contributed by atoms with E-state index in [1.54, 1.807) is 23.1 Å². The van der Waals surface area contributed by atoms with Crippen LogP contribution in [0.3, 0.4) is 0 Å². The number of nitrogens with zero attached hydrogens (tertiary/aromatic N) is 2. The molecule has 2 fully saturated rings. The van der Waals surface area contributed by atoms with Crippen molar-refractivity contribution in [2.24, 2.45) is 0 Å². The summed E-state index contributed by atoms with van der Waals surface area (Å²) in [7, 11) is 0. The van der Waals surface area contributed by atoms with Crippen LogP contribution in [0.5, 0.6) is 0 Å². The van der Waals surface area contributed by atoms with Gasteiger partial charge in [0.25, 0.3) is 5.91 Å². The number of anilines is 1. The van der Waals surface area contributed by atoms with Gasteiger partial charge in [0.1, 0.15) is 0 Å². The lowest BCUT2D eigenvalue weighted by atomic mass is 10.0.